The summed E-state index contributed by atoms with van der Waals surface area (Å²) < 4.78 is 0. The van der Waals surface area contributed by atoms with Crippen molar-refractivity contribution in [3.8, 4) is 6.07 Å². The van der Waals surface area contributed by atoms with E-state index in [1.54, 1.807) is 12.1 Å². The Morgan fingerprint density at radius 1 is 1.47 bits per heavy atom. The first-order valence-corrected chi connectivity index (χ1v) is 6.58. The fraction of sp³-hybridized carbons (Fsp3) is 0.500. The molecule has 0 heterocycles. The summed E-state index contributed by atoms with van der Waals surface area (Å²) in [5.74, 6) is 0.733. The maximum atomic E-state index is 8.89. The topological polar surface area (TPSA) is 35.8 Å². The minimum absolute atomic E-state index is 0.506. The van der Waals surface area contributed by atoms with Gasteiger partial charge in [-0.25, -0.2) is 0 Å². The molecule has 2 nitrogen and oxygen atoms in total. The second kappa shape index (κ2) is 5.42. The van der Waals surface area contributed by atoms with Crippen LogP contribution in [0.4, 0.5) is 5.69 Å². The average Bonchev–Trinajstić information content (AvgIpc) is 2.79. The third-order valence-corrected chi connectivity index (χ3v) is 3.95. The molecule has 0 radical (unpaired) electrons. The molecule has 1 aliphatic rings. The molecule has 0 aromatic heterocycles. The molecule has 2 atom stereocenters. The molecule has 0 amide bonds. The Morgan fingerprint density at radius 3 is 3.00 bits per heavy atom. The smallest absolute Gasteiger partial charge is 0.0992 e. The van der Waals surface area contributed by atoms with Crippen LogP contribution in [0.15, 0.2) is 18.2 Å². The van der Waals surface area contributed by atoms with E-state index < -0.39 is 0 Å². The van der Waals surface area contributed by atoms with Gasteiger partial charge in [-0.3, -0.25) is 0 Å². The Hall–Kier alpha value is -1.20. The second-order valence-electron chi connectivity index (χ2n) is 4.66. The predicted octanol–water partition coefficient (Wildman–Crippen LogP) is 4.20. The molecule has 0 aliphatic heterocycles. The maximum absolute atomic E-state index is 8.89. The molecule has 2 unspecified atom stereocenters. The number of anilines is 1. The molecule has 1 N–H and O–H groups in total. The van der Waals surface area contributed by atoms with E-state index in [0.29, 0.717) is 16.6 Å². The number of hydrogen-bond donors (Lipinski definition) is 1. The largest absolute Gasteiger partial charge is 0.381 e. The molecular formula is C14H17ClN2. The quantitative estimate of drug-likeness (QED) is 0.870. The lowest BCUT2D eigenvalue weighted by Gasteiger charge is -2.21. The van der Waals surface area contributed by atoms with Crippen LogP contribution < -0.4 is 5.32 Å². The van der Waals surface area contributed by atoms with Crippen LogP contribution in [-0.4, -0.2) is 6.04 Å². The fourth-order valence-corrected chi connectivity index (χ4v) is 2.79. The molecule has 1 aromatic rings. The number of nitrogens with one attached hydrogen (secondary N) is 1. The van der Waals surface area contributed by atoms with E-state index in [1.165, 1.54) is 25.7 Å². The third kappa shape index (κ3) is 2.73. The van der Waals surface area contributed by atoms with Crippen LogP contribution in [-0.2, 0) is 0 Å². The summed E-state index contributed by atoms with van der Waals surface area (Å²) in [7, 11) is 0. The average molecular weight is 249 g/mol. The lowest BCUT2D eigenvalue weighted by Crippen LogP contribution is -2.23. The number of hydrogen-bond acceptors (Lipinski definition) is 2. The van der Waals surface area contributed by atoms with Gasteiger partial charge in [0, 0.05) is 6.04 Å². The Kier molecular flexibility index (Phi) is 3.91. The lowest BCUT2D eigenvalue weighted by molar-refractivity contribution is 0.489. The van der Waals surface area contributed by atoms with Gasteiger partial charge in [-0.05, 0) is 37.0 Å². The fourth-order valence-electron chi connectivity index (χ4n) is 2.62. The molecular weight excluding hydrogens is 232 g/mol. The van der Waals surface area contributed by atoms with Crippen molar-refractivity contribution in [2.45, 2.75) is 38.6 Å². The van der Waals surface area contributed by atoms with Crippen molar-refractivity contribution in [2.24, 2.45) is 5.92 Å². The van der Waals surface area contributed by atoms with Gasteiger partial charge in [0.05, 0.1) is 22.3 Å². The Labute approximate surface area is 108 Å². The summed E-state index contributed by atoms with van der Waals surface area (Å²) in [5, 5.41) is 13.1. The zero-order valence-corrected chi connectivity index (χ0v) is 10.8. The Morgan fingerprint density at radius 2 is 2.29 bits per heavy atom. The predicted molar refractivity (Wildman–Crippen MR) is 71.2 cm³/mol. The molecule has 17 heavy (non-hydrogen) atoms. The van der Waals surface area contributed by atoms with Crippen LogP contribution >= 0.6 is 11.6 Å². The summed E-state index contributed by atoms with van der Waals surface area (Å²) in [5.41, 5.74) is 1.55. The molecule has 1 fully saturated rings. The Balaban J connectivity index is 2.15. The molecule has 1 saturated carbocycles. The van der Waals surface area contributed by atoms with Gasteiger partial charge in [-0.15, -0.1) is 0 Å². The van der Waals surface area contributed by atoms with Crippen molar-refractivity contribution < 1.29 is 0 Å². The molecule has 1 aliphatic carbocycles. The normalized spacial score (nSPS) is 23.4. The van der Waals surface area contributed by atoms with Crippen molar-refractivity contribution in [3.05, 3.63) is 28.8 Å². The van der Waals surface area contributed by atoms with Gasteiger partial charge in [0.2, 0.25) is 0 Å². The number of nitriles is 1. The van der Waals surface area contributed by atoms with Crippen LogP contribution in [0.1, 0.15) is 38.2 Å². The first-order chi connectivity index (χ1) is 8.24. The highest BCUT2D eigenvalue weighted by Crippen LogP contribution is 2.33. The zero-order valence-electron chi connectivity index (χ0n) is 10.0. The summed E-state index contributed by atoms with van der Waals surface area (Å²) in [6, 6.07) is 8.03. The first-order valence-electron chi connectivity index (χ1n) is 6.20. The van der Waals surface area contributed by atoms with Gasteiger partial charge in [-0.2, -0.15) is 5.26 Å². The molecule has 90 valence electrons. The number of nitrogens with zero attached hydrogens (tertiary/aromatic N) is 1. The van der Waals surface area contributed by atoms with Crippen LogP contribution in [0, 0.1) is 17.2 Å². The highest BCUT2D eigenvalue weighted by molar-refractivity contribution is 6.33. The second-order valence-corrected chi connectivity index (χ2v) is 5.06. The van der Waals surface area contributed by atoms with Crippen molar-refractivity contribution >= 4 is 17.3 Å². The van der Waals surface area contributed by atoms with E-state index in [2.05, 4.69) is 18.3 Å². The van der Waals surface area contributed by atoms with Gasteiger partial charge in [0.15, 0.2) is 0 Å². The van der Waals surface area contributed by atoms with E-state index in [9.17, 15) is 0 Å². The molecule has 0 bridgehead atoms. The van der Waals surface area contributed by atoms with Crippen molar-refractivity contribution in [2.75, 3.05) is 5.32 Å². The SMILES string of the molecule is CCC1CCCC1Nc1cc(C#N)ccc1Cl. The number of rotatable bonds is 3. The van der Waals surface area contributed by atoms with E-state index in [4.69, 9.17) is 16.9 Å². The van der Waals surface area contributed by atoms with Gasteiger partial charge in [-0.1, -0.05) is 31.4 Å². The lowest BCUT2D eigenvalue weighted by atomic mass is 10.0. The zero-order chi connectivity index (χ0) is 12.3. The van der Waals surface area contributed by atoms with Crippen LogP contribution in [0.3, 0.4) is 0 Å². The van der Waals surface area contributed by atoms with Gasteiger partial charge in [0.1, 0.15) is 0 Å². The van der Waals surface area contributed by atoms with Crippen LogP contribution in [0.5, 0.6) is 0 Å². The van der Waals surface area contributed by atoms with Gasteiger partial charge in [0.25, 0.3) is 0 Å². The monoisotopic (exact) mass is 248 g/mol. The van der Waals surface area contributed by atoms with Crippen LogP contribution in [0.25, 0.3) is 0 Å². The van der Waals surface area contributed by atoms with Gasteiger partial charge >= 0.3 is 0 Å². The Bertz CT molecular complexity index is 436. The molecule has 0 saturated heterocycles. The van der Waals surface area contributed by atoms with E-state index in [1.807, 2.05) is 6.07 Å². The summed E-state index contributed by atoms with van der Waals surface area (Å²) >= 11 is 6.15. The summed E-state index contributed by atoms with van der Waals surface area (Å²) in [6.07, 6.45) is 4.98. The molecule has 0 spiro atoms. The van der Waals surface area contributed by atoms with E-state index >= 15 is 0 Å². The summed E-state index contributed by atoms with van der Waals surface area (Å²) in [4.78, 5) is 0. The van der Waals surface area contributed by atoms with Crippen molar-refractivity contribution in [3.63, 3.8) is 0 Å². The van der Waals surface area contributed by atoms with E-state index in [-0.39, 0.29) is 0 Å². The summed E-state index contributed by atoms with van der Waals surface area (Å²) in [6.45, 7) is 2.23. The number of halogens is 1. The molecule has 2 rings (SSSR count). The molecule has 1 aromatic carbocycles. The van der Waals surface area contributed by atoms with Crippen LogP contribution in [0.2, 0.25) is 5.02 Å². The van der Waals surface area contributed by atoms with Crippen molar-refractivity contribution in [1.82, 2.24) is 0 Å². The van der Waals surface area contributed by atoms with E-state index in [0.717, 1.165) is 11.6 Å². The maximum Gasteiger partial charge on any atom is 0.0992 e. The first kappa shape index (κ1) is 12.3. The number of benzene rings is 1. The third-order valence-electron chi connectivity index (χ3n) is 3.62. The highest BCUT2D eigenvalue weighted by Gasteiger charge is 2.25. The standard InChI is InChI=1S/C14H17ClN2/c1-2-11-4-3-5-13(11)17-14-8-10(9-16)6-7-12(14)15/h6-8,11,13,17H,2-5H2,1H3. The van der Waals surface area contributed by atoms with Gasteiger partial charge < -0.3 is 5.32 Å². The van der Waals surface area contributed by atoms with Crippen molar-refractivity contribution in [1.29, 1.82) is 5.26 Å². The molecule has 3 heteroatoms. The highest BCUT2D eigenvalue weighted by atomic mass is 35.5. The minimum Gasteiger partial charge on any atom is -0.381 e. The minimum atomic E-state index is 0.506.